The Bertz CT molecular complexity index is 635. The third-order valence-corrected chi connectivity index (χ3v) is 4.58. The lowest BCUT2D eigenvalue weighted by Gasteiger charge is -2.38. The third kappa shape index (κ3) is 3.74. The first-order valence-electron chi connectivity index (χ1n) is 8.18. The SMILES string of the molecule is CC(Cc1ccccc1)N1CCN(c2ccc(N)c(N)n2)CC1. The Morgan fingerprint density at radius 1 is 1.00 bits per heavy atom. The van der Waals surface area contributed by atoms with Gasteiger partial charge in [-0.15, -0.1) is 0 Å². The van der Waals surface area contributed by atoms with Gasteiger partial charge in [0.2, 0.25) is 0 Å². The number of nitrogen functional groups attached to an aromatic ring is 2. The van der Waals surface area contributed by atoms with Crippen LogP contribution in [-0.2, 0) is 6.42 Å². The number of pyridine rings is 1. The number of piperazine rings is 1. The van der Waals surface area contributed by atoms with E-state index in [0.29, 0.717) is 17.5 Å². The lowest BCUT2D eigenvalue weighted by molar-refractivity contribution is 0.195. The van der Waals surface area contributed by atoms with Crippen molar-refractivity contribution in [3.8, 4) is 0 Å². The molecule has 4 N–H and O–H groups in total. The molecule has 1 aromatic carbocycles. The molecule has 2 heterocycles. The molecule has 1 atom stereocenters. The van der Waals surface area contributed by atoms with Crippen LogP contribution in [0, 0.1) is 0 Å². The summed E-state index contributed by atoms with van der Waals surface area (Å²) in [5.74, 6) is 1.34. The number of nitrogens with two attached hydrogens (primary N) is 2. The van der Waals surface area contributed by atoms with Crippen LogP contribution in [0.2, 0.25) is 0 Å². The second kappa shape index (κ2) is 6.87. The second-order valence-corrected chi connectivity index (χ2v) is 6.21. The maximum atomic E-state index is 5.82. The molecule has 1 fully saturated rings. The van der Waals surface area contributed by atoms with Crippen LogP contribution in [-0.4, -0.2) is 42.1 Å². The van der Waals surface area contributed by atoms with Crippen LogP contribution in [0.5, 0.6) is 0 Å². The molecule has 0 amide bonds. The van der Waals surface area contributed by atoms with E-state index >= 15 is 0 Å². The Hall–Kier alpha value is -2.27. The van der Waals surface area contributed by atoms with Crippen molar-refractivity contribution < 1.29 is 0 Å². The fourth-order valence-corrected chi connectivity index (χ4v) is 3.13. The van der Waals surface area contributed by atoms with E-state index in [0.717, 1.165) is 38.4 Å². The highest BCUT2D eigenvalue weighted by Crippen LogP contribution is 2.20. The highest BCUT2D eigenvalue weighted by Gasteiger charge is 2.22. The number of rotatable bonds is 4. The Balaban J connectivity index is 1.56. The van der Waals surface area contributed by atoms with Crippen LogP contribution >= 0.6 is 0 Å². The number of nitrogens with zero attached hydrogens (tertiary/aromatic N) is 3. The smallest absolute Gasteiger partial charge is 0.149 e. The second-order valence-electron chi connectivity index (χ2n) is 6.21. The zero-order valence-corrected chi connectivity index (χ0v) is 13.7. The molecule has 2 aromatic rings. The highest BCUT2D eigenvalue weighted by molar-refractivity contribution is 5.62. The molecule has 0 aliphatic carbocycles. The summed E-state index contributed by atoms with van der Waals surface area (Å²) in [4.78, 5) is 9.22. The van der Waals surface area contributed by atoms with Gasteiger partial charge in [-0.2, -0.15) is 0 Å². The summed E-state index contributed by atoms with van der Waals surface area (Å²) in [6, 6.07) is 15.0. The van der Waals surface area contributed by atoms with E-state index in [4.69, 9.17) is 11.5 Å². The summed E-state index contributed by atoms with van der Waals surface area (Å²) < 4.78 is 0. The molecule has 3 rings (SSSR count). The van der Waals surface area contributed by atoms with Crippen molar-refractivity contribution in [1.82, 2.24) is 9.88 Å². The molecule has 23 heavy (non-hydrogen) atoms. The van der Waals surface area contributed by atoms with Gasteiger partial charge in [0.05, 0.1) is 5.69 Å². The van der Waals surface area contributed by atoms with Crippen molar-refractivity contribution in [1.29, 1.82) is 0 Å². The largest absolute Gasteiger partial charge is 0.396 e. The van der Waals surface area contributed by atoms with E-state index in [9.17, 15) is 0 Å². The summed E-state index contributed by atoms with van der Waals surface area (Å²) in [5, 5.41) is 0. The molecule has 122 valence electrons. The molecule has 1 aromatic heterocycles. The number of aromatic nitrogens is 1. The Kier molecular flexibility index (Phi) is 4.67. The van der Waals surface area contributed by atoms with Crippen LogP contribution < -0.4 is 16.4 Å². The van der Waals surface area contributed by atoms with E-state index in [1.165, 1.54) is 5.56 Å². The summed E-state index contributed by atoms with van der Waals surface area (Å²) >= 11 is 0. The van der Waals surface area contributed by atoms with Crippen LogP contribution in [0.3, 0.4) is 0 Å². The zero-order chi connectivity index (χ0) is 16.2. The van der Waals surface area contributed by atoms with Crippen molar-refractivity contribution in [2.75, 3.05) is 42.5 Å². The number of anilines is 3. The quantitative estimate of drug-likeness (QED) is 0.903. The van der Waals surface area contributed by atoms with Crippen molar-refractivity contribution >= 4 is 17.3 Å². The molecule has 1 unspecified atom stereocenters. The van der Waals surface area contributed by atoms with Gasteiger partial charge in [-0.25, -0.2) is 4.98 Å². The van der Waals surface area contributed by atoms with Crippen molar-refractivity contribution in [3.05, 3.63) is 48.0 Å². The first-order chi connectivity index (χ1) is 11.1. The third-order valence-electron chi connectivity index (χ3n) is 4.58. The average Bonchev–Trinajstić information content (AvgIpc) is 2.58. The van der Waals surface area contributed by atoms with Gasteiger partial charge in [-0.1, -0.05) is 30.3 Å². The van der Waals surface area contributed by atoms with Crippen molar-refractivity contribution in [2.45, 2.75) is 19.4 Å². The molecular formula is C18H25N5. The molecule has 5 nitrogen and oxygen atoms in total. The van der Waals surface area contributed by atoms with E-state index in [-0.39, 0.29) is 0 Å². The van der Waals surface area contributed by atoms with Crippen LogP contribution in [0.25, 0.3) is 0 Å². The zero-order valence-electron chi connectivity index (χ0n) is 13.7. The molecule has 0 saturated carbocycles. The summed E-state index contributed by atoms with van der Waals surface area (Å²) in [6.45, 7) is 6.33. The maximum absolute atomic E-state index is 5.82. The monoisotopic (exact) mass is 311 g/mol. The predicted octanol–water partition coefficient (Wildman–Crippen LogP) is 2.00. The first-order valence-corrected chi connectivity index (χ1v) is 8.18. The van der Waals surface area contributed by atoms with Crippen molar-refractivity contribution in [3.63, 3.8) is 0 Å². The Morgan fingerprint density at radius 3 is 2.35 bits per heavy atom. The highest BCUT2D eigenvalue weighted by atomic mass is 15.3. The van der Waals surface area contributed by atoms with Crippen LogP contribution in [0.1, 0.15) is 12.5 Å². The number of hydrogen-bond donors (Lipinski definition) is 2. The Morgan fingerprint density at radius 2 is 1.70 bits per heavy atom. The van der Waals surface area contributed by atoms with Gasteiger partial charge < -0.3 is 16.4 Å². The van der Waals surface area contributed by atoms with Gasteiger partial charge in [0, 0.05) is 32.2 Å². The molecule has 1 aliphatic rings. The van der Waals surface area contributed by atoms with Crippen LogP contribution in [0.4, 0.5) is 17.3 Å². The molecule has 5 heteroatoms. The lowest BCUT2D eigenvalue weighted by Crippen LogP contribution is -2.50. The fourth-order valence-electron chi connectivity index (χ4n) is 3.13. The van der Waals surface area contributed by atoms with E-state index in [1.54, 1.807) is 0 Å². The van der Waals surface area contributed by atoms with E-state index < -0.39 is 0 Å². The van der Waals surface area contributed by atoms with Gasteiger partial charge in [0.15, 0.2) is 0 Å². The lowest BCUT2D eigenvalue weighted by atomic mass is 10.1. The topological polar surface area (TPSA) is 71.4 Å². The van der Waals surface area contributed by atoms with E-state index in [1.807, 2.05) is 12.1 Å². The minimum atomic E-state index is 0.419. The molecule has 1 saturated heterocycles. The number of benzene rings is 1. The maximum Gasteiger partial charge on any atom is 0.149 e. The number of hydrogen-bond acceptors (Lipinski definition) is 5. The van der Waals surface area contributed by atoms with Crippen molar-refractivity contribution in [2.24, 2.45) is 0 Å². The molecule has 1 aliphatic heterocycles. The average molecular weight is 311 g/mol. The molecule has 0 radical (unpaired) electrons. The predicted molar refractivity (Wildman–Crippen MR) is 96.5 cm³/mol. The van der Waals surface area contributed by atoms with E-state index in [2.05, 4.69) is 52.0 Å². The standard InChI is InChI=1S/C18H25N5/c1-14(13-15-5-3-2-4-6-15)22-9-11-23(12-10-22)17-8-7-16(19)18(20)21-17/h2-8,14H,9-13,19H2,1H3,(H2,20,21). The summed E-state index contributed by atoms with van der Waals surface area (Å²) in [5.41, 5.74) is 13.5. The van der Waals surface area contributed by atoms with Gasteiger partial charge in [-0.05, 0) is 31.0 Å². The van der Waals surface area contributed by atoms with Gasteiger partial charge >= 0.3 is 0 Å². The van der Waals surface area contributed by atoms with Gasteiger partial charge in [0.1, 0.15) is 11.6 Å². The Labute approximate surface area is 137 Å². The summed E-state index contributed by atoms with van der Waals surface area (Å²) in [6.07, 6.45) is 1.09. The summed E-state index contributed by atoms with van der Waals surface area (Å²) in [7, 11) is 0. The fraction of sp³-hybridized carbons (Fsp3) is 0.389. The minimum absolute atomic E-state index is 0.419. The molecule has 0 spiro atoms. The molecule has 0 bridgehead atoms. The van der Waals surface area contributed by atoms with Gasteiger partial charge in [0.25, 0.3) is 0 Å². The normalized spacial score (nSPS) is 17.2. The first kappa shape index (κ1) is 15.6. The van der Waals surface area contributed by atoms with Crippen LogP contribution in [0.15, 0.2) is 42.5 Å². The minimum Gasteiger partial charge on any atom is -0.396 e. The molecular weight excluding hydrogens is 286 g/mol. The van der Waals surface area contributed by atoms with Gasteiger partial charge in [-0.3, -0.25) is 4.90 Å².